The maximum Gasteiger partial charge on any atom is 0.203 e. The molecule has 0 unspecified atom stereocenters. The van der Waals surface area contributed by atoms with Gasteiger partial charge in [0.25, 0.3) is 0 Å². The molecule has 2 rings (SSSR count). The van der Waals surface area contributed by atoms with Gasteiger partial charge in [0.15, 0.2) is 14.2 Å². The van der Waals surface area contributed by atoms with Gasteiger partial charge in [0.05, 0.1) is 10.6 Å². The highest BCUT2D eigenvalue weighted by Crippen LogP contribution is 2.24. The smallest absolute Gasteiger partial charge is 0.203 e. The first-order valence-corrected chi connectivity index (χ1v) is 8.53. The number of aromatic nitrogens is 2. The van der Waals surface area contributed by atoms with Gasteiger partial charge >= 0.3 is 0 Å². The largest absolute Gasteiger partial charge is 0.374 e. The Morgan fingerprint density at radius 1 is 1.22 bits per heavy atom. The van der Waals surface area contributed by atoms with E-state index >= 15 is 0 Å². The van der Waals surface area contributed by atoms with E-state index in [1.807, 2.05) is 0 Å². The number of hydrogen-bond donors (Lipinski definition) is 1. The fourth-order valence-corrected chi connectivity index (χ4v) is 4.64. The summed E-state index contributed by atoms with van der Waals surface area (Å²) in [6.45, 7) is 0. The maximum absolute atomic E-state index is 12.0. The molecule has 0 bridgehead atoms. The fraction of sp³-hybridized carbons (Fsp3) is 0.200. The van der Waals surface area contributed by atoms with Gasteiger partial charge in [-0.1, -0.05) is 41.3 Å². The quantitative estimate of drug-likeness (QED) is 0.846. The number of nitrogens with zero attached hydrogens (tertiary/aromatic N) is 2. The molecule has 2 N–H and O–H groups in total. The van der Waals surface area contributed by atoms with Crippen molar-refractivity contribution in [2.24, 2.45) is 0 Å². The third kappa shape index (κ3) is 3.44. The van der Waals surface area contributed by atoms with Crippen molar-refractivity contribution in [3.05, 3.63) is 30.3 Å². The van der Waals surface area contributed by atoms with Crippen LogP contribution >= 0.6 is 23.1 Å². The molecule has 96 valence electrons. The van der Waals surface area contributed by atoms with Crippen LogP contribution in [-0.4, -0.2) is 30.1 Å². The summed E-state index contributed by atoms with van der Waals surface area (Å²) >= 11 is 2.61. The van der Waals surface area contributed by atoms with Gasteiger partial charge in [-0.2, -0.15) is 0 Å². The van der Waals surface area contributed by atoms with Gasteiger partial charge in [-0.05, 0) is 12.1 Å². The average molecular weight is 301 g/mol. The van der Waals surface area contributed by atoms with Crippen LogP contribution in [-0.2, 0) is 9.84 Å². The van der Waals surface area contributed by atoms with Crippen molar-refractivity contribution in [3.63, 3.8) is 0 Å². The normalized spacial score (nSPS) is 11.6. The molecular formula is C10H11N3O2S3. The Morgan fingerprint density at radius 3 is 2.56 bits per heavy atom. The van der Waals surface area contributed by atoms with Crippen LogP contribution in [0, 0.1) is 0 Å². The molecule has 8 heteroatoms. The van der Waals surface area contributed by atoms with Gasteiger partial charge in [0.2, 0.25) is 5.13 Å². The number of nitrogen functional groups attached to an aromatic ring is 1. The van der Waals surface area contributed by atoms with Crippen LogP contribution in [0.1, 0.15) is 0 Å². The monoisotopic (exact) mass is 301 g/mol. The van der Waals surface area contributed by atoms with Gasteiger partial charge in [0.1, 0.15) is 0 Å². The molecule has 5 nitrogen and oxygen atoms in total. The lowest BCUT2D eigenvalue weighted by Gasteiger charge is -2.02. The van der Waals surface area contributed by atoms with Crippen LogP contribution in [0.3, 0.4) is 0 Å². The molecule has 1 heterocycles. The Balaban J connectivity index is 1.94. The van der Waals surface area contributed by atoms with E-state index in [-0.39, 0.29) is 5.75 Å². The highest BCUT2D eigenvalue weighted by Gasteiger charge is 2.14. The van der Waals surface area contributed by atoms with Gasteiger partial charge in [-0.25, -0.2) is 8.42 Å². The van der Waals surface area contributed by atoms with Crippen molar-refractivity contribution in [2.45, 2.75) is 9.24 Å². The second kappa shape index (κ2) is 5.68. The molecule has 0 fully saturated rings. The third-order valence-electron chi connectivity index (χ3n) is 2.10. The van der Waals surface area contributed by atoms with Gasteiger partial charge in [-0.3, -0.25) is 0 Å². The highest BCUT2D eigenvalue weighted by molar-refractivity contribution is 8.02. The van der Waals surface area contributed by atoms with E-state index in [9.17, 15) is 8.42 Å². The molecule has 18 heavy (non-hydrogen) atoms. The molecular weight excluding hydrogens is 290 g/mol. The summed E-state index contributed by atoms with van der Waals surface area (Å²) in [5.74, 6) is 0.507. The van der Waals surface area contributed by atoms with E-state index in [0.29, 0.717) is 20.1 Å². The number of anilines is 1. The maximum atomic E-state index is 12.0. The molecule has 0 saturated heterocycles. The van der Waals surface area contributed by atoms with Gasteiger partial charge in [-0.15, -0.1) is 10.2 Å². The Labute approximate surface area is 113 Å². The van der Waals surface area contributed by atoms with E-state index in [1.165, 1.54) is 23.1 Å². The minimum atomic E-state index is -3.22. The van der Waals surface area contributed by atoms with Crippen LogP contribution < -0.4 is 5.73 Å². The molecule has 0 aliphatic rings. The van der Waals surface area contributed by atoms with Crippen molar-refractivity contribution >= 4 is 38.1 Å². The number of rotatable bonds is 5. The number of thioether (sulfide) groups is 1. The van der Waals surface area contributed by atoms with Crippen molar-refractivity contribution in [3.8, 4) is 0 Å². The average Bonchev–Trinajstić information content (AvgIpc) is 2.76. The van der Waals surface area contributed by atoms with Crippen LogP contribution in [0.15, 0.2) is 39.6 Å². The molecule has 2 aromatic rings. The molecule has 1 aromatic carbocycles. The number of sulfone groups is 1. The van der Waals surface area contributed by atoms with E-state index in [2.05, 4.69) is 10.2 Å². The first-order chi connectivity index (χ1) is 8.58. The van der Waals surface area contributed by atoms with E-state index in [0.717, 1.165) is 0 Å². The third-order valence-corrected chi connectivity index (χ3v) is 5.98. The van der Waals surface area contributed by atoms with Crippen molar-refractivity contribution in [2.75, 3.05) is 17.2 Å². The summed E-state index contributed by atoms with van der Waals surface area (Å²) in [7, 11) is -3.22. The lowest BCUT2D eigenvalue weighted by molar-refractivity contribution is 0.597. The molecule has 0 spiro atoms. The standard InChI is InChI=1S/C10H11N3O2S3/c11-9-12-13-10(17-9)16-6-7-18(14,15)8-4-2-1-3-5-8/h1-5H,6-7H2,(H2,11,12). The minimum Gasteiger partial charge on any atom is -0.374 e. The number of hydrogen-bond acceptors (Lipinski definition) is 7. The van der Waals surface area contributed by atoms with Crippen LogP contribution in [0.2, 0.25) is 0 Å². The van der Waals surface area contributed by atoms with Gasteiger partial charge in [0, 0.05) is 5.75 Å². The van der Waals surface area contributed by atoms with Crippen LogP contribution in [0.4, 0.5) is 5.13 Å². The molecule has 0 amide bonds. The lowest BCUT2D eigenvalue weighted by atomic mass is 10.4. The molecule has 0 radical (unpaired) electrons. The van der Waals surface area contributed by atoms with E-state index < -0.39 is 9.84 Å². The summed E-state index contributed by atoms with van der Waals surface area (Å²) in [6.07, 6.45) is 0. The lowest BCUT2D eigenvalue weighted by Crippen LogP contribution is -2.08. The Bertz CT molecular complexity index is 610. The Morgan fingerprint density at radius 2 is 1.94 bits per heavy atom. The zero-order chi connectivity index (χ0) is 13.0. The Hall–Kier alpha value is -1.12. The topological polar surface area (TPSA) is 85.9 Å². The SMILES string of the molecule is Nc1nnc(SCCS(=O)(=O)c2ccccc2)s1. The zero-order valence-electron chi connectivity index (χ0n) is 9.31. The van der Waals surface area contributed by atoms with Crippen LogP contribution in [0.5, 0.6) is 0 Å². The summed E-state index contributed by atoms with van der Waals surface area (Å²) in [4.78, 5) is 0.349. The first-order valence-electron chi connectivity index (χ1n) is 5.07. The fourth-order valence-electron chi connectivity index (χ4n) is 1.26. The molecule has 0 saturated carbocycles. The summed E-state index contributed by atoms with van der Waals surface area (Å²) in [5.41, 5.74) is 5.44. The minimum absolute atomic E-state index is 0.0706. The van der Waals surface area contributed by atoms with E-state index in [1.54, 1.807) is 30.3 Å². The summed E-state index contributed by atoms with van der Waals surface area (Å²) < 4.78 is 24.6. The second-order valence-corrected chi connectivity index (χ2v) is 7.85. The molecule has 0 atom stereocenters. The first kappa shape index (κ1) is 13.3. The van der Waals surface area contributed by atoms with Crippen molar-refractivity contribution in [1.82, 2.24) is 10.2 Å². The molecule has 0 aliphatic carbocycles. The van der Waals surface area contributed by atoms with Crippen LogP contribution in [0.25, 0.3) is 0 Å². The second-order valence-electron chi connectivity index (χ2n) is 3.39. The van der Waals surface area contributed by atoms with Crippen molar-refractivity contribution in [1.29, 1.82) is 0 Å². The van der Waals surface area contributed by atoms with Gasteiger partial charge < -0.3 is 5.73 Å². The number of benzene rings is 1. The van der Waals surface area contributed by atoms with Crippen molar-refractivity contribution < 1.29 is 8.42 Å². The van der Waals surface area contributed by atoms with E-state index in [4.69, 9.17) is 5.73 Å². The zero-order valence-corrected chi connectivity index (χ0v) is 11.8. The number of nitrogens with two attached hydrogens (primary N) is 1. The molecule has 1 aromatic heterocycles. The Kier molecular flexibility index (Phi) is 4.20. The molecule has 0 aliphatic heterocycles. The predicted octanol–water partition coefficient (Wildman–Crippen LogP) is 1.69. The highest BCUT2D eigenvalue weighted by atomic mass is 32.2. The summed E-state index contributed by atoms with van der Waals surface area (Å²) in [6, 6.07) is 8.42. The summed E-state index contributed by atoms with van der Waals surface area (Å²) in [5, 5.41) is 7.88. The predicted molar refractivity (Wildman–Crippen MR) is 73.5 cm³/mol.